The number of anilines is 1. The maximum atomic E-state index is 11.1. The topological polar surface area (TPSA) is 79.2 Å². The van der Waals surface area contributed by atoms with Gasteiger partial charge in [-0.1, -0.05) is 30.3 Å². The smallest absolute Gasteiger partial charge is 0.335 e. The minimum atomic E-state index is -0.992. The van der Waals surface area contributed by atoms with Gasteiger partial charge in [0.25, 0.3) is 0 Å². The maximum absolute atomic E-state index is 11.1. The highest BCUT2D eigenvalue weighted by Crippen LogP contribution is 2.18. The fourth-order valence-electron chi connectivity index (χ4n) is 2.31. The van der Waals surface area contributed by atoms with Crippen LogP contribution in [0.1, 0.15) is 15.9 Å². The Kier molecular flexibility index (Phi) is 4.47. The van der Waals surface area contributed by atoms with Crippen molar-refractivity contribution in [2.24, 2.45) is 0 Å². The Balaban J connectivity index is 1.86. The number of carbonyl (C=O) groups is 1. The fraction of sp³-hybridized carbons (Fsp3) is 0.111. The molecule has 0 amide bonds. The second kappa shape index (κ2) is 6.87. The van der Waals surface area contributed by atoms with Gasteiger partial charge in [0.1, 0.15) is 0 Å². The Labute approximate surface area is 139 Å². The Morgan fingerprint density at radius 1 is 1.04 bits per heavy atom. The summed E-state index contributed by atoms with van der Waals surface area (Å²) in [6.45, 7) is 0.673. The lowest BCUT2D eigenvalue weighted by molar-refractivity contribution is 0.0697. The van der Waals surface area contributed by atoms with E-state index in [0.717, 1.165) is 5.56 Å². The van der Waals surface area contributed by atoms with Crippen LogP contribution in [0.15, 0.2) is 60.9 Å². The van der Waals surface area contributed by atoms with E-state index in [-0.39, 0.29) is 5.56 Å². The van der Waals surface area contributed by atoms with Crippen LogP contribution in [0.25, 0.3) is 11.4 Å². The molecule has 1 N–H and O–H groups in total. The van der Waals surface area contributed by atoms with Crippen molar-refractivity contribution in [2.75, 3.05) is 11.9 Å². The number of hydrogen-bond donors (Lipinski definition) is 1. The lowest BCUT2D eigenvalue weighted by Gasteiger charge is -2.17. The van der Waals surface area contributed by atoms with Crippen molar-refractivity contribution in [3.05, 3.63) is 72.1 Å². The van der Waals surface area contributed by atoms with Crippen LogP contribution in [0.2, 0.25) is 0 Å². The van der Waals surface area contributed by atoms with Crippen LogP contribution >= 0.6 is 0 Å². The molecule has 2 heterocycles. The van der Waals surface area contributed by atoms with Gasteiger partial charge in [0.05, 0.1) is 17.0 Å². The SMILES string of the molecule is CN(Cc1ccccc1)c1nccc(-c2cc(C(=O)O)ccn2)n1. The summed E-state index contributed by atoms with van der Waals surface area (Å²) in [5.74, 6) is -0.437. The molecule has 1 aromatic carbocycles. The van der Waals surface area contributed by atoms with Crippen molar-refractivity contribution in [3.8, 4) is 11.4 Å². The van der Waals surface area contributed by atoms with Crippen molar-refractivity contribution < 1.29 is 9.90 Å². The molecule has 0 atom stereocenters. The van der Waals surface area contributed by atoms with E-state index in [1.807, 2.05) is 42.3 Å². The molecule has 0 unspecified atom stereocenters. The largest absolute Gasteiger partial charge is 0.478 e. The summed E-state index contributed by atoms with van der Waals surface area (Å²) in [6, 6.07) is 14.7. The zero-order chi connectivity index (χ0) is 16.9. The highest BCUT2D eigenvalue weighted by atomic mass is 16.4. The van der Waals surface area contributed by atoms with Crippen molar-refractivity contribution in [3.63, 3.8) is 0 Å². The van der Waals surface area contributed by atoms with Gasteiger partial charge in [0.15, 0.2) is 0 Å². The minimum Gasteiger partial charge on any atom is -0.478 e. The first-order chi connectivity index (χ1) is 11.6. The average Bonchev–Trinajstić information content (AvgIpc) is 2.63. The molecule has 0 aliphatic carbocycles. The van der Waals surface area contributed by atoms with E-state index in [4.69, 9.17) is 5.11 Å². The van der Waals surface area contributed by atoms with Gasteiger partial charge in [-0.15, -0.1) is 0 Å². The van der Waals surface area contributed by atoms with Crippen LogP contribution in [-0.2, 0) is 6.54 Å². The van der Waals surface area contributed by atoms with Gasteiger partial charge in [0, 0.05) is 26.0 Å². The highest BCUT2D eigenvalue weighted by molar-refractivity contribution is 5.88. The van der Waals surface area contributed by atoms with Gasteiger partial charge >= 0.3 is 5.97 Å². The van der Waals surface area contributed by atoms with Crippen LogP contribution in [0.3, 0.4) is 0 Å². The molecule has 0 aliphatic heterocycles. The number of carboxylic acids is 1. The second-order valence-corrected chi connectivity index (χ2v) is 5.32. The number of pyridine rings is 1. The maximum Gasteiger partial charge on any atom is 0.335 e. The third kappa shape index (κ3) is 3.55. The number of carboxylic acid groups (broad SMARTS) is 1. The first-order valence-electron chi connectivity index (χ1n) is 7.41. The van der Waals surface area contributed by atoms with Crippen molar-refractivity contribution in [1.82, 2.24) is 15.0 Å². The Hall–Kier alpha value is -3.28. The van der Waals surface area contributed by atoms with Gasteiger partial charge in [-0.2, -0.15) is 0 Å². The molecule has 0 fully saturated rings. The Morgan fingerprint density at radius 2 is 1.79 bits per heavy atom. The number of hydrogen-bond acceptors (Lipinski definition) is 5. The molecule has 0 spiro atoms. The Morgan fingerprint density at radius 3 is 2.54 bits per heavy atom. The highest BCUT2D eigenvalue weighted by Gasteiger charge is 2.10. The molecule has 120 valence electrons. The average molecular weight is 320 g/mol. The zero-order valence-corrected chi connectivity index (χ0v) is 13.1. The van der Waals surface area contributed by atoms with E-state index in [2.05, 4.69) is 15.0 Å². The molecular formula is C18H16N4O2. The molecule has 6 heteroatoms. The predicted molar refractivity (Wildman–Crippen MR) is 90.8 cm³/mol. The van der Waals surface area contributed by atoms with Crippen molar-refractivity contribution >= 4 is 11.9 Å². The van der Waals surface area contributed by atoms with Crippen LogP contribution in [0, 0.1) is 0 Å². The molecular weight excluding hydrogens is 304 g/mol. The standard InChI is InChI=1S/C18H16N4O2/c1-22(12-13-5-3-2-4-6-13)18-20-10-8-15(21-18)16-11-14(17(23)24)7-9-19-16/h2-11H,12H2,1H3,(H,23,24). The van der Waals surface area contributed by atoms with E-state index in [9.17, 15) is 4.79 Å². The molecule has 0 radical (unpaired) electrons. The summed E-state index contributed by atoms with van der Waals surface area (Å²) < 4.78 is 0. The second-order valence-electron chi connectivity index (χ2n) is 5.32. The summed E-state index contributed by atoms with van der Waals surface area (Å²) in [4.78, 5) is 26.0. The van der Waals surface area contributed by atoms with Crippen molar-refractivity contribution in [1.29, 1.82) is 0 Å². The van der Waals surface area contributed by atoms with Gasteiger partial charge in [0.2, 0.25) is 5.95 Å². The first kappa shape index (κ1) is 15.6. The third-order valence-electron chi connectivity index (χ3n) is 3.52. The summed E-state index contributed by atoms with van der Waals surface area (Å²) in [5.41, 5.74) is 2.42. The third-order valence-corrected chi connectivity index (χ3v) is 3.52. The van der Waals surface area contributed by atoms with Crippen LogP contribution < -0.4 is 4.90 Å². The summed E-state index contributed by atoms with van der Waals surface area (Å²) >= 11 is 0. The number of nitrogens with zero attached hydrogens (tertiary/aromatic N) is 4. The molecule has 24 heavy (non-hydrogen) atoms. The number of aromatic nitrogens is 3. The molecule has 3 rings (SSSR count). The van der Waals surface area contributed by atoms with E-state index in [0.29, 0.717) is 23.9 Å². The summed E-state index contributed by atoms with van der Waals surface area (Å²) in [7, 11) is 1.91. The molecule has 0 bridgehead atoms. The number of aromatic carboxylic acids is 1. The normalized spacial score (nSPS) is 10.4. The van der Waals surface area contributed by atoms with E-state index in [1.165, 1.54) is 18.3 Å². The van der Waals surface area contributed by atoms with Crippen LogP contribution in [0.5, 0.6) is 0 Å². The molecule has 3 aromatic rings. The number of benzene rings is 1. The predicted octanol–water partition coefficient (Wildman–Crippen LogP) is 2.87. The van der Waals surface area contributed by atoms with Gasteiger partial charge in [-0.25, -0.2) is 14.8 Å². The van der Waals surface area contributed by atoms with Crippen LogP contribution in [-0.4, -0.2) is 33.1 Å². The monoisotopic (exact) mass is 320 g/mol. The molecule has 0 saturated carbocycles. The molecule has 0 saturated heterocycles. The summed E-state index contributed by atoms with van der Waals surface area (Å²) in [5, 5.41) is 9.09. The van der Waals surface area contributed by atoms with Gasteiger partial charge < -0.3 is 10.0 Å². The van der Waals surface area contributed by atoms with Crippen molar-refractivity contribution in [2.45, 2.75) is 6.54 Å². The fourth-order valence-corrected chi connectivity index (χ4v) is 2.31. The molecule has 2 aromatic heterocycles. The summed E-state index contributed by atoms with van der Waals surface area (Å²) in [6.07, 6.45) is 3.11. The number of rotatable bonds is 5. The lowest BCUT2D eigenvalue weighted by atomic mass is 10.2. The minimum absolute atomic E-state index is 0.179. The van der Waals surface area contributed by atoms with E-state index < -0.39 is 5.97 Å². The lowest BCUT2D eigenvalue weighted by Crippen LogP contribution is -2.19. The first-order valence-corrected chi connectivity index (χ1v) is 7.41. The van der Waals surface area contributed by atoms with E-state index in [1.54, 1.807) is 12.3 Å². The van der Waals surface area contributed by atoms with Gasteiger partial charge in [-0.3, -0.25) is 4.98 Å². The van der Waals surface area contributed by atoms with Crippen LogP contribution in [0.4, 0.5) is 5.95 Å². The van der Waals surface area contributed by atoms with Gasteiger partial charge in [-0.05, 0) is 23.8 Å². The molecule has 0 aliphatic rings. The zero-order valence-electron chi connectivity index (χ0n) is 13.1. The quantitative estimate of drug-likeness (QED) is 0.778. The Bertz CT molecular complexity index is 852. The molecule has 6 nitrogen and oxygen atoms in total. The van der Waals surface area contributed by atoms with E-state index >= 15 is 0 Å².